The van der Waals surface area contributed by atoms with Crippen LogP contribution < -0.4 is 5.32 Å². The Hall–Kier alpha value is -0.610. The van der Waals surface area contributed by atoms with Gasteiger partial charge in [0.15, 0.2) is 0 Å². The summed E-state index contributed by atoms with van der Waals surface area (Å²) < 4.78 is 0. The molecule has 0 amide bonds. The molecule has 0 aromatic rings. The molecule has 0 bridgehead atoms. The SMILES string of the molecule is CCC(C)N(C)CCNCCCCC(=O)O. The summed E-state index contributed by atoms with van der Waals surface area (Å²) in [4.78, 5) is 12.6. The van der Waals surface area contributed by atoms with Gasteiger partial charge in [0.2, 0.25) is 0 Å². The second kappa shape index (κ2) is 9.60. The molecule has 1 unspecified atom stereocenters. The van der Waals surface area contributed by atoms with Crippen LogP contribution in [0, 0.1) is 0 Å². The van der Waals surface area contributed by atoms with Crippen molar-refractivity contribution in [2.75, 3.05) is 26.7 Å². The molecule has 1 atom stereocenters. The minimum Gasteiger partial charge on any atom is -0.481 e. The molecule has 0 aliphatic carbocycles. The van der Waals surface area contributed by atoms with E-state index in [1.165, 1.54) is 6.42 Å². The van der Waals surface area contributed by atoms with Gasteiger partial charge in [-0.25, -0.2) is 0 Å². The van der Waals surface area contributed by atoms with Crippen LogP contribution in [0.4, 0.5) is 0 Å². The molecule has 0 saturated heterocycles. The molecular formula is C12H26N2O2. The minimum atomic E-state index is -0.698. The highest BCUT2D eigenvalue weighted by Crippen LogP contribution is 1.98. The van der Waals surface area contributed by atoms with E-state index in [1.807, 2.05) is 0 Å². The predicted octanol–water partition coefficient (Wildman–Crippen LogP) is 1.56. The first-order chi connectivity index (χ1) is 7.57. The molecule has 0 aliphatic rings. The van der Waals surface area contributed by atoms with Crippen molar-refractivity contribution >= 4 is 5.97 Å². The van der Waals surface area contributed by atoms with Crippen molar-refractivity contribution in [1.82, 2.24) is 10.2 Å². The Morgan fingerprint density at radius 2 is 2.06 bits per heavy atom. The van der Waals surface area contributed by atoms with Gasteiger partial charge in [0, 0.05) is 25.6 Å². The summed E-state index contributed by atoms with van der Waals surface area (Å²) in [6.07, 6.45) is 3.17. The van der Waals surface area contributed by atoms with Gasteiger partial charge < -0.3 is 15.3 Å². The first kappa shape index (κ1) is 15.4. The number of nitrogens with one attached hydrogen (secondary N) is 1. The van der Waals surface area contributed by atoms with Gasteiger partial charge in [-0.15, -0.1) is 0 Å². The second-order valence-corrected chi connectivity index (χ2v) is 4.34. The lowest BCUT2D eigenvalue weighted by atomic mass is 10.2. The third kappa shape index (κ3) is 8.68. The molecule has 16 heavy (non-hydrogen) atoms. The summed E-state index contributed by atoms with van der Waals surface area (Å²) in [5.74, 6) is -0.698. The molecule has 0 spiro atoms. The average Bonchev–Trinajstić information content (AvgIpc) is 2.25. The topological polar surface area (TPSA) is 52.6 Å². The summed E-state index contributed by atoms with van der Waals surface area (Å²) in [6.45, 7) is 7.37. The summed E-state index contributed by atoms with van der Waals surface area (Å²) in [7, 11) is 2.14. The fourth-order valence-corrected chi connectivity index (χ4v) is 1.44. The van der Waals surface area contributed by atoms with Gasteiger partial charge in [0.05, 0.1) is 0 Å². The van der Waals surface area contributed by atoms with Crippen LogP contribution in [0.1, 0.15) is 39.5 Å². The number of hydrogen-bond donors (Lipinski definition) is 2. The third-order valence-corrected chi connectivity index (χ3v) is 2.98. The normalized spacial score (nSPS) is 13.0. The maximum atomic E-state index is 10.3. The Kier molecular flexibility index (Phi) is 9.24. The maximum Gasteiger partial charge on any atom is 0.303 e. The summed E-state index contributed by atoms with van der Waals surface area (Å²) in [5.41, 5.74) is 0. The van der Waals surface area contributed by atoms with Gasteiger partial charge in [-0.05, 0) is 39.8 Å². The molecule has 0 aromatic heterocycles. The molecule has 4 nitrogen and oxygen atoms in total. The Morgan fingerprint density at radius 1 is 1.38 bits per heavy atom. The Balaban J connectivity index is 3.23. The molecule has 0 aliphatic heterocycles. The van der Waals surface area contributed by atoms with Crippen LogP contribution in [0.2, 0.25) is 0 Å². The Labute approximate surface area is 99.0 Å². The molecule has 96 valence electrons. The number of aliphatic carboxylic acids is 1. The van der Waals surface area contributed by atoms with Gasteiger partial charge in [-0.3, -0.25) is 4.79 Å². The lowest BCUT2D eigenvalue weighted by Gasteiger charge is -2.23. The number of carboxylic acids is 1. The number of likely N-dealkylation sites (N-methyl/N-ethyl adjacent to an activating group) is 1. The van der Waals surface area contributed by atoms with Gasteiger partial charge in [-0.1, -0.05) is 6.92 Å². The molecular weight excluding hydrogens is 204 g/mol. The van der Waals surface area contributed by atoms with Crippen LogP contribution in [-0.2, 0) is 4.79 Å². The predicted molar refractivity (Wildman–Crippen MR) is 66.7 cm³/mol. The van der Waals surface area contributed by atoms with E-state index in [1.54, 1.807) is 0 Å². The van der Waals surface area contributed by atoms with Gasteiger partial charge >= 0.3 is 5.97 Å². The Morgan fingerprint density at radius 3 is 2.62 bits per heavy atom. The van der Waals surface area contributed by atoms with E-state index in [2.05, 4.69) is 31.1 Å². The average molecular weight is 230 g/mol. The fraction of sp³-hybridized carbons (Fsp3) is 0.917. The molecule has 0 heterocycles. The van der Waals surface area contributed by atoms with Crippen molar-refractivity contribution in [3.8, 4) is 0 Å². The zero-order valence-electron chi connectivity index (χ0n) is 10.8. The summed E-state index contributed by atoms with van der Waals surface area (Å²) >= 11 is 0. The highest BCUT2D eigenvalue weighted by Gasteiger charge is 2.04. The monoisotopic (exact) mass is 230 g/mol. The van der Waals surface area contributed by atoms with E-state index in [0.29, 0.717) is 6.04 Å². The lowest BCUT2D eigenvalue weighted by molar-refractivity contribution is -0.137. The largest absolute Gasteiger partial charge is 0.481 e. The van der Waals surface area contributed by atoms with Crippen molar-refractivity contribution in [3.63, 3.8) is 0 Å². The molecule has 0 radical (unpaired) electrons. The van der Waals surface area contributed by atoms with Crippen molar-refractivity contribution in [3.05, 3.63) is 0 Å². The Bertz CT molecular complexity index is 186. The van der Waals surface area contributed by atoms with Gasteiger partial charge in [0.25, 0.3) is 0 Å². The lowest BCUT2D eigenvalue weighted by Crippen LogP contribution is -2.35. The molecule has 0 aromatic carbocycles. The van der Waals surface area contributed by atoms with Crippen molar-refractivity contribution < 1.29 is 9.90 Å². The van der Waals surface area contributed by atoms with Crippen LogP contribution in [0.25, 0.3) is 0 Å². The second-order valence-electron chi connectivity index (χ2n) is 4.34. The van der Waals surface area contributed by atoms with Gasteiger partial charge in [-0.2, -0.15) is 0 Å². The van der Waals surface area contributed by atoms with E-state index in [-0.39, 0.29) is 6.42 Å². The zero-order chi connectivity index (χ0) is 12.4. The first-order valence-electron chi connectivity index (χ1n) is 6.20. The van der Waals surface area contributed by atoms with Gasteiger partial charge in [0.1, 0.15) is 0 Å². The summed E-state index contributed by atoms with van der Waals surface area (Å²) in [5, 5.41) is 11.8. The maximum absolute atomic E-state index is 10.3. The smallest absolute Gasteiger partial charge is 0.303 e. The molecule has 0 rings (SSSR count). The van der Waals surface area contributed by atoms with Crippen LogP contribution in [0.15, 0.2) is 0 Å². The fourth-order valence-electron chi connectivity index (χ4n) is 1.44. The molecule has 4 heteroatoms. The van der Waals surface area contributed by atoms with E-state index in [4.69, 9.17) is 5.11 Å². The van der Waals surface area contributed by atoms with Crippen LogP contribution in [0.3, 0.4) is 0 Å². The molecule has 0 saturated carbocycles. The van der Waals surface area contributed by atoms with E-state index in [0.717, 1.165) is 32.5 Å². The van der Waals surface area contributed by atoms with Crippen LogP contribution in [0.5, 0.6) is 0 Å². The number of carbonyl (C=O) groups is 1. The third-order valence-electron chi connectivity index (χ3n) is 2.98. The first-order valence-corrected chi connectivity index (χ1v) is 6.20. The number of carboxylic acid groups (broad SMARTS) is 1. The number of unbranched alkanes of at least 4 members (excludes halogenated alkanes) is 1. The van der Waals surface area contributed by atoms with E-state index >= 15 is 0 Å². The van der Waals surface area contributed by atoms with E-state index < -0.39 is 5.97 Å². The zero-order valence-corrected chi connectivity index (χ0v) is 10.8. The number of hydrogen-bond acceptors (Lipinski definition) is 3. The van der Waals surface area contributed by atoms with Crippen molar-refractivity contribution in [2.24, 2.45) is 0 Å². The van der Waals surface area contributed by atoms with Crippen molar-refractivity contribution in [2.45, 2.75) is 45.6 Å². The highest BCUT2D eigenvalue weighted by molar-refractivity contribution is 5.66. The minimum absolute atomic E-state index is 0.286. The quantitative estimate of drug-likeness (QED) is 0.559. The van der Waals surface area contributed by atoms with E-state index in [9.17, 15) is 4.79 Å². The van der Waals surface area contributed by atoms with Crippen molar-refractivity contribution in [1.29, 1.82) is 0 Å². The highest BCUT2D eigenvalue weighted by atomic mass is 16.4. The molecule has 2 N–H and O–H groups in total. The van der Waals surface area contributed by atoms with Crippen LogP contribution >= 0.6 is 0 Å². The number of rotatable bonds is 10. The standard InChI is InChI=1S/C12H26N2O2/c1-4-11(2)14(3)10-9-13-8-6-5-7-12(15)16/h11,13H,4-10H2,1-3H3,(H,15,16). The van der Waals surface area contributed by atoms with Crippen LogP contribution in [-0.4, -0.2) is 48.7 Å². The summed E-state index contributed by atoms with van der Waals surface area (Å²) in [6, 6.07) is 0.633. The molecule has 0 fully saturated rings. The number of nitrogens with zero attached hydrogens (tertiary/aromatic N) is 1.